The first-order chi connectivity index (χ1) is 13.9. The lowest BCUT2D eigenvalue weighted by Gasteiger charge is -2.12. The minimum atomic E-state index is -0.648. The molecular weight excluding hydrogens is 394 g/mol. The minimum Gasteiger partial charge on any atom is -0.493 e. The molecule has 0 aromatic heterocycles. The fourth-order valence-electron chi connectivity index (χ4n) is 2.36. The summed E-state index contributed by atoms with van der Waals surface area (Å²) >= 11 is 6.25. The number of methoxy groups -OCH3 is 1. The number of aryl methyl sites for hydroxylation is 1. The van der Waals surface area contributed by atoms with E-state index in [0.29, 0.717) is 34.4 Å². The van der Waals surface area contributed by atoms with E-state index in [1.54, 1.807) is 24.3 Å². The maximum Gasteiger partial charge on any atom is 0.331 e. The zero-order chi connectivity index (χ0) is 21.2. The summed E-state index contributed by atoms with van der Waals surface area (Å²) in [4.78, 5) is 23.8. The maximum absolute atomic E-state index is 11.9. The molecule has 6 nitrogen and oxygen atoms in total. The highest BCUT2D eigenvalue weighted by Gasteiger charge is 2.11. The number of ether oxygens (including phenoxy) is 3. The van der Waals surface area contributed by atoms with Gasteiger partial charge in [-0.2, -0.15) is 0 Å². The van der Waals surface area contributed by atoms with E-state index in [2.05, 4.69) is 5.32 Å². The van der Waals surface area contributed by atoms with E-state index in [9.17, 15) is 9.59 Å². The van der Waals surface area contributed by atoms with Gasteiger partial charge in [0.15, 0.2) is 18.1 Å². The van der Waals surface area contributed by atoms with Gasteiger partial charge >= 0.3 is 5.97 Å². The molecule has 0 aliphatic rings. The molecule has 154 valence electrons. The predicted octanol–water partition coefficient (Wildman–Crippen LogP) is 4.64. The second kappa shape index (κ2) is 11.1. The quantitative estimate of drug-likeness (QED) is 0.475. The molecule has 2 rings (SSSR count). The Balaban J connectivity index is 1.91. The maximum atomic E-state index is 11.9. The van der Waals surface area contributed by atoms with E-state index in [4.69, 9.17) is 25.8 Å². The van der Waals surface area contributed by atoms with E-state index in [1.165, 1.54) is 19.3 Å². The highest BCUT2D eigenvalue weighted by Crippen LogP contribution is 2.36. The lowest BCUT2D eigenvalue weighted by atomic mass is 10.2. The van der Waals surface area contributed by atoms with Crippen molar-refractivity contribution >= 4 is 35.2 Å². The molecule has 0 atom stereocenters. The summed E-state index contributed by atoms with van der Waals surface area (Å²) in [6.07, 6.45) is 3.58. The first-order valence-corrected chi connectivity index (χ1v) is 9.52. The molecule has 2 aromatic carbocycles. The van der Waals surface area contributed by atoms with E-state index >= 15 is 0 Å². The molecule has 0 radical (unpaired) electrons. The van der Waals surface area contributed by atoms with Crippen LogP contribution in [-0.4, -0.2) is 32.2 Å². The van der Waals surface area contributed by atoms with E-state index < -0.39 is 11.9 Å². The number of hydrogen-bond acceptors (Lipinski definition) is 5. The van der Waals surface area contributed by atoms with Gasteiger partial charge in [-0.3, -0.25) is 4.79 Å². The highest BCUT2D eigenvalue weighted by atomic mass is 35.5. The van der Waals surface area contributed by atoms with Crippen LogP contribution in [0, 0.1) is 6.92 Å². The minimum absolute atomic E-state index is 0.378. The lowest BCUT2D eigenvalue weighted by molar-refractivity contribution is -0.142. The number of carbonyl (C=O) groups excluding carboxylic acids is 2. The zero-order valence-electron chi connectivity index (χ0n) is 16.7. The monoisotopic (exact) mass is 417 g/mol. The first kappa shape index (κ1) is 22.3. The molecule has 0 aliphatic carbocycles. The molecule has 7 heteroatoms. The molecule has 1 N–H and O–H groups in total. The Morgan fingerprint density at radius 2 is 1.90 bits per heavy atom. The van der Waals surface area contributed by atoms with Crippen LogP contribution in [0.3, 0.4) is 0 Å². The van der Waals surface area contributed by atoms with Crippen molar-refractivity contribution < 1.29 is 23.8 Å². The predicted molar refractivity (Wildman–Crippen MR) is 114 cm³/mol. The van der Waals surface area contributed by atoms with E-state index in [0.717, 1.165) is 12.0 Å². The van der Waals surface area contributed by atoms with Gasteiger partial charge < -0.3 is 19.5 Å². The largest absolute Gasteiger partial charge is 0.493 e. The third kappa shape index (κ3) is 7.16. The molecular formula is C22H24ClNO5. The Labute approximate surface area is 175 Å². The molecule has 29 heavy (non-hydrogen) atoms. The van der Waals surface area contributed by atoms with Crippen molar-refractivity contribution in [3.8, 4) is 11.5 Å². The molecule has 1 amide bonds. The number of benzene rings is 2. The third-order valence-corrected chi connectivity index (χ3v) is 4.08. The smallest absolute Gasteiger partial charge is 0.331 e. The van der Waals surface area contributed by atoms with Crippen LogP contribution >= 0.6 is 11.6 Å². The molecule has 0 aliphatic heterocycles. The van der Waals surface area contributed by atoms with Crippen molar-refractivity contribution in [1.82, 2.24) is 0 Å². The summed E-state index contributed by atoms with van der Waals surface area (Å²) in [7, 11) is 1.51. The second-order valence-corrected chi connectivity index (χ2v) is 6.65. The molecule has 0 saturated carbocycles. The number of nitrogens with one attached hydrogen (secondary N) is 1. The van der Waals surface area contributed by atoms with Crippen LogP contribution in [0.1, 0.15) is 24.5 Å². The van der Waals surface area contributed by atoms with Crippen LogP contribution in [0.5, 0.6) is 11.5 Å². The van der Waals surface area contributed by atoms with E-state index in [1.807, 2.05) is 26.0 Å². The van der Waals surface area contributed by atoms with Gasteiger partial charge in [-0.05, 0) is 49.2 Å². The van der Waals surface area contributed by atoms with Crippen molar-refractivity contribution in [2.45, 2.75) is 20.3 Å². The average Bonchev–Trinajstić information content (AvgIpc) is 2.71. The first-order valence-electron chi connectivity index (χ1n) is 9.14. The number of hydrogen-bond donors (Lipinski definition) is 1. The molecule has 0 unspecified atom stereocenters. The summed E-state index contributed by atoms with van der Waals surface area (Å²) < 4.78 is 15.9. The van der Waals surface area contributed by atoms with Gasteiger partial charge in [0.25, 0.3) is 5.91 Å². The third-order valence-electron chi connectivity index (χ3n) is 3.80. The van der Waals surface area contributed by atoms with Crippen LogP contribution in [0.15, 0.2) is 42.5 Å². The number of anilines is 1. The van der Waals surface area contributed by atoms with Crippen LogP contribution in [-0.2, 0) is 14.3 Å². The number of amides is 1. The van der Waals surface area contributed by atoms with Crippen molar-refractivity contribution in [2.75, 3.05) is 25.6 Å². The van der Waals surface area contributed by atoms with Crippen molar-refractivity contribution in [1.29, 1.82) is 0 Å². The fourth-order valence-corrected chi connectivity index (χ4v) is 2.64. The standard InChI is InChI=1S/C22H24ClNO5/c1-4-11-28-22-18(23)12-16(13-19(22)27-3)7-10-21(26)29-14-20(25)24-17-8-5-15(2)6-9-17/h5-10,12-13H,4,11,14H2,1-3H3,(H,24,25)/b10-7+. The number of rotatable bonds is 9. The Bertz CT molecular complexity index is 878. The van der Waals surface area contributed by atoms with Crippen LogP contribution in [0.25, 0.3) is 6.08 Å². The zero-order valence-corrected chi connectivity index (χ0v) is 17.4. The van der Waals surface area contributed by atoms with Crippen LogP contribution < -0.4 is 14.8 Å². The van der Waals surface area contributed by atoms with Gasteiger partial charge in [0.1, 0.15) is 0 Å². The van der Waals surface area contributed by atoms with Crippen molar-refractivity contribution in [2.24, 2.45) is 0 Å². The Morgan fingerprint density at radius 1 is 1.17 bits per heavy atom. The van der Waals surface area contributed by atoms with Gasteiger partial charge in [-0.25, -0.2) is 4.79 Å². The second-order valence-electron chi connectivity index (χ2n) is 6.24. The number of halogens is 1. The van der Waals surface area contributed by atoms with Gasteiger partial charge in [-0.15, -0.1) is 0 Å². The summed E-state index contributed by atoms with van der Waals surface area (Å²) in [6.45, 7) is 4.07. The molecule has 0 spiro atoms. The van der Waals surface area contributed by atoms with Gasteiger partial charge in [0, 0.05) is 11.8 Å². The summed E-state index contributed by atoms with van der Waals surface area (Å²) in [6, 6.07) is 10.7. The topological polar surface area (TPSA) is 73.9 Å². The average molecular weight is 418 g/mol. The highest BCUT2D eigenvalue weighted by molar-refractivity contribution is 6.32. The normalized spacial score (nSPS) is 10.6. The Kier molecular flexibility index (Phi) is 8.55. The molecule has 0 fully saturated rings. The summed E-state index contributed by atoms with van der Waals surface area (Å²) in [5.41, 5.74) is 2.36. The number of carbonyl (C=O) groups is 2. The van der Waals surface area contributed by atoms with Gasteiger partial charge in [-0.1, -0.05) is 36.2 Å². The van der Waals surface area contributed by atoms with E-state index in [-0.39, 0.29) is 6.61 Å². The van der Waals surface area contributed by atoms with Crippen molar-refractivity contribution in [3.63, 3.8) is 0 Å². The van der Waals surface area contributed by atoms with Gasteiger partial charge in [0.2, 0.25) is 0 Å². The van der Waals surface area contributed by atoms with Crippen molar-refractivity contribution in [3.05, 3.63) is 58.6 Å². The summed E-state index contributed by atoms with van der Waals surface area (Å²) in [5.74, 6) is -0.136. The SMILES string of the molecule is CCCOc1c(Cl)cc(/C=C/C(=O)OCC(=O)Nc2ccc(C)cc2)cc1OC. The molecule has 2 aromatic rings. The fraction of sp³-hybridized carbons (Fsp3) is 0.273. The number of esters is 1. The summed E-state index contributed by atoms with van der Waals surface area (Å²) in [5, 5.41) is 3.03. The van der Waals surface area contributed by atoms with Crippen LogP contribution in [0.4, 0.5) is 5.69 Å². The Morgan fingerprint density at radius 3 is 2.55 bits per heavy atom. The molecule has 0 heterocycles. The molecule has 0 bridgehead atoms. The lowest BCUT2D eigenvalue weighted by Crippen LogP contribution is -2.20. The van der Waals surface area contributed by atoms with Gasteiger partial charge in [0.05, 0.1) is 18.7 Å². The Hall–Kier alpha value is -2.99. The van der Waals surface area contributed by atoms with Crippen LogP contribution in [0.2, 0.25) is 5.02 Å². The molecule has 0 saturated heterocycles.